The van der Waals surface area contributed by atoms with Crippen molar-refractivity contribution >= 4 is 23.2 Å². The Kier molecular flexibility index (Phi) is 3.81. The zero-order valence-corrected chi connectivity index (χ0v) is 11.5. The predicted molar refractivity (Wildman–Crippen MR) is 75.2 cm³/mol. The molecule has 1 heterocycles. The number of rotatable bonds is 3. The third kappa shape index (κ3) is 2.90. The minimum Gasteiger partial charge on any atom is -0.464 e. The lowest BCUT2D eigenvalue weighted by molar-refractivity contribution is 0.0936. The normalized spacial score (nSPS) is 12.2. The number of nitrogen functional groups attached to an aromatic ring is 1. The Morgan fingerprint density at radius 2 is 2.11 bits per heavy atom. The number of furan rings is 1. The molecule has 0 aliphatic carbocycles. The fraction of sp³-hybridized carbons (Fsp3) is 0.214. The standard InChI is InChI=1S/C14H15ClN2O2/c1-8-6-7-12(19-8)9(2)17-14(18)13-10(15)4-3-5-11(13)16/h3-7,9H,16H2,1-2H3,(H,17,18). The molecule has 0 saturated carbocycles. The van der Waals surface area contributed by atoms with Crippen molar-refractivity contribution in [2.24, 2.45) is 0 Å². The lowest BCUT2D eigenvalue weighted by Crippen LogP contribution is -2.27. The summed E-state index contributed by atoms with van der Waals surface area (Å²) >= 11 is 5.99. The second kappa shape index (κ2) is 5.36. The van der Waals surface area contributed by atoms with Gasteiger partial charge in [-0.05, 0) is 38.1 Å². The van der Waals surface area contributed by atoms with Crippen LogP contribution < -0.4 is 11.1 Å². The van der Waals surface area contributed by atoms with E-state index in [0.29, 0.717) is 22.0 Å². The second-order valence-corrected chi connectivity index (χ2v) is 4.75. The van der Waals surface area contributed by atoms with E-state index >= 15 is 0 Å². The van der Waals surface area contributed by atoms with Gasteiger partial charge in [-0.15, -0.1) is 0 Å². The van der Waals surface area contributed by atoms with Crippen molar-refractivity contribution < 1.29 is 9.21 Å². The summed E-state index contributed by atoms with van der Waals surface area (Å²) in [7, 11) is 0. The molecule has 1 atom stereocenters. The maximum atomic E-state index is 12.2. The van der Waals surface area contributed by atoms with Gasteiger partial charge in [0.1, 0.15) is 11.5 Å². The smallest absolute Gasteiger partial charge is 0.255 e. The molecule has 0 bridgehead atoms. The molecule has 0 radical (unpaired) electrons. The Labute approximate surface area is 116 Å². The average molecular weight is 279 g/mol. The molecule has 0 spiro atoms. The monoisotopic (exact) mass is 278 g/mol. The van der Waals surface area contributed by atoms with Crippen LogP contribution in [0.3, 0.4) is 0 Å². The maximum absolute atomic E-state index is 12.2. The lowest BCUT2D eigenvalue weighted by Gasteiger charge is -2.13. The summed E-state index contributed by atoms with van der Waals surface area (Å²) in [6.07, 6.45) is 0. The lowest BCUT2D eigenvalue weighted by atomic mass is 10.1. The SMILES string of the molecule is Cc1ccc(C(C)NC(=O)c2c(N)cccc2Cl)o1. The Bertz CT molecular complexity index is 587. The number of carbonyl (C=O) groups excluding carboxylic acids is 1. The van der Waals surface area contributed by atoms with Crippen LogP contribution in [0, 0.1) is 6.92 Å². The number of anilines is 1. The zero-order chi connectivity index (χ0) is 14.0. The molecule has 2 aromatic rings. The van der Waals surface area contributed by atoms with Gasteiger partial charge in [-0.25, -0.2) is 0 Å². The second-order valence-electron chi connectivity index (χ2n) is 4.35. The highest BCUT2D eigenvalue weighted by molar-refractivity contribution is 6.34. The van der Waals surface area contributed by atoms with Crippen molar-refractivity contribution in [3.63, 3.8) is 0 Å². The predicted octanol–water partition coefficient (Wildman–Crippen LogP) is 3.31. The van der Waals surface area contributed by atoms with E-state index in [1.165, 1.54) is 0 Å². The molecule has 0 saturated heterocycles. The number of benzene rings is 1. The molecular weight excluding hydrogens is 264 g/mol. The molecule has 1 unspecified atom stereocenters. The van der Waals surface area contributed by atoms with Crippen LogP contribution in [-0.4, -0.2) is 5.91 Å². The van der Waals surface area contributed by atoms with Gasteiger partial charge in [-0.2, -0.15) is 0 Å². The number of carbonyl (C=O) groups is 1. The fourth-order valence-corrected chi connectivity index (χ4v) is 2.07. The first-order valence-electron chi connectivity index (χ1n) is 5.90. The molecule has 100 valence electrons. The number of amides is 1. The van der Waals surface area contributed by atoms with Crippen LogP contribution in [0.2, 0.25) is 5.02 Å². The van der Waals surface area contributed by atoms with Gasteiger partial charge < -0.3 is 15.5 Å². The molecule has 3 N–H and O–H groups in total. The van der Waals surface area contributed by atoms with Gasteiger partial charge in [-0.1, -0.05) is 17.7 Å². The van der Waals surface area contributed by atoms with E-state index in [-0.39, 0.29) is 11.9 Å². The van der Waals surface area contributed by atoms with E-state index < -0.39 is 0 Å². The highest BCUT2D eigenvalue weighted by Crippen LogP contribution is 2.23. The molecule has 1 aromatic carbocycles. The van der Waals surface area contributed by atoms with Crippen LogP contribution in [0.1, 0.15) is 34.8 Å². The number of nitrogens with one attached hydrogen (secondary N) is 1. The zero-order valence-electron chi connectivity index (χ0n) is 10.7. The number of hydrogen-bond donors (Lipinski definition) is 2. The Hall–Kier alpha value is -1.94. The molecule has 0 aliphatic heterocycles. The number of nitrogens with two attached hydrogens (primary N) is 1. The quantitative estimate of drug-likeness (QED) is 0.846. The molecular formula is C14H15ClN2O2. The third-order valence-corrected chi connectivity index (χ3v) is 3.12. The summed E-state index contributed by atoms with van der Waals surface area (Å²) in [5, 5.41) is 3.14. The summed E-state index contributed by atoms with van der Waals surface area (Å²) in [6.45, 7) is 3.69. The van der Waals surface area contributed by atoms with Crippen molar-refractivity contribution in [3.8, 4) is 0 Å². The number of halogens is 1. The Morgan fingerprint density at radius 3 is 2.68 bits per heavy atom. The van der Waals surface area contributed by atoms with Gasteiger partial charge in [0.2, 0.25) is 0 Å². The third-order valence-electron chi connectivity index (χ3n) is 2.81. The van der Waals surface area contributed by atoms with Crippen molar-refractivity contribution in [3.05, 3.63) is 52.4 Å². The first kappa shape index (κ1) is 13.5. The summed E-state index contributed by atoms with van der Waals surface area (Å²) in [6, 6.07) is 8.40. The van der Waals surface area contributed by atoms with E-state index in [1.807, 2.05) is 26.0 Å². The van der Waals surface area contributed by atoms with Crippen LogP contribution >= 0.6 is 11.6 Å². The summed E-state index contributed by atoms with van der Waals surface area (Å²) in [5.41, 5.74) is 6.42. The topological polar surface area (TPSA) is 68.3 Å². The molecule has 2 rings (SSSR count). The largest absolute Gasteiger partial charge is 0.464 e. The average Bonchev–Trinajstić information content (AvgIpc) is 2.75. The van der Waals surface area contributed by atoms with E-state index in [0.717, 1.165) is 5.76 Å². The maximum Gasteiger partial charge on any atom is 0.255 e. The number of hydrogen-bond acceptors (Lipinski definition) is 3. The highest BCUT2D eigenvalue weighted by atomic mass is 35.5. The van der Waals surface area contributed by atoms with E-state index in [9.17, 15) is 4.79 Å². The van der Waals surface area contributed by atoms with Gasteiger partial charge in [-0.3, -0.25) is 4.79 Å². The highest BCUT2D eigenvalue weighted by Gasteiger charge is 2.18. The molecule has 19 heavy (non-hydrogen) atoms. The van der Waals surface area contributed by atoms with Crippen molar-refractivity contribution in [1.29, 1.82) is 0 Å². The summed E-state index contributed by atoms with van der Waals surface area (Å²) in [4.78, 5) is 12.2. The van der Waals surface area contributed by atoms with E-state index in [1.54, 1.807) is 18.2 Å². The van der Waals surface area contributed by atoms with Crippen molar-refractivity contribution in [1.82, 2.24) is 5.32 Å². The first-order chi connectivity index (χ1) is 8.99. The van der Waals surface area contributed by atoms with E-state index in [2.05, 4.69) is 5.32 Å². The molecule has 0 aliphatic rings. The Morgan fingerprint density at radius 1 is 1.37 bits per heavy atom. The van der Waals surface area contributed by atoms with Crippen LogP contribution in [0.5, 0.6) is 0 Å². The van der Waals surface area contributed by atoms with Crippen molar-refractivity contribution in [2.75, 3.05) is 5.73 Å². The van der Waals surface area contributed by atoms with Crippen molar-refractivity contribution in [2.45, 2.75) is 19.9 Å². The van der Waals surface area contributed by atoms with Gasteiger partial charge in [0, 0.05) is 5.69 Å². The molecule has 0 fully saturated rings. The minimum atomic E-state index is -0.315. The number of aryl methyl sites for hydroxylation is 1. The molecule has 1 amide bonds. The fourth-order valence-electron chi connectivity index (χ4n) is 1.81. The molecule has 1 aromatic heterocycles. The van der Waals surface area contributed by atoms with Gasteiger partial charge in [0.05, 0.1) is 16.6 Å². The summed E-state index contributed by atoms with van der Waals surface area (Å²) < 4.78 is 5.46. The van der Waals surface area contributed by atoms with Crippen LogP contribution in [-0.2, 0) is 0 Å². The minimum absolute atomic E-state index is 0.253. The Balaban J connectivity index is 2.17. The van der Waals surface area contributed by atoms with Gasteiger partial charge in [0.25, 0.3) is 5.91 Å². The molecule has 4 nitrogen and oxygen atoms in total. The van der Waals surface area contributed by atoms with Crippen LogP contribution in [0.15, 0.2) is 34.7 Å². The van der Waals surface area contributed by atoms with Crippen LogP contribution in [0.4, 0.5) is 5.69 Å². The van der Waals surface area contributed by atoms with E-state index in [4.69, 9.17) is 21.8 Å². The van der Waals surface area contributed by atoms with Crippen LogP contribution in [0.25, 0.3) is 0 Å². The summed E-state index contributed by atoms with van der Waals surface area (Å²) in [5.74, 6) is 1.18. The first-order valence-corrected chi connectivity index (χ1v) is 6.28. The van der Waals surface area contributed by atoms with Gasteiger partial charge >= 0.3 is 0 Å². The molecule has 5 heteroatoms. The van der Waals surface area contributed by atoms with Gasteiger partial charge in [0.15, 0.2) is 0 Å².